The molecule has 26 heavy (non-hydrogen) atoms. The van der Waals surface area contributed by atoms with Crippen molar-refractivity contribution < 1.29 is 9.53 Å². The number of para-hydroxylation sites is 1. The summed E-state index contributed by atoms with van der Waals surface area (Å²) in [7, 11) is 0. The monoisotopic (exact) mass is 350 g/mol. The predicted octanol–water partition coefficient (Wildman–Crippen LogP) is 2.09. The predicted molar refractivity (Wildman–Crippen MR) is 96.1 cm³/mol. The first-order valence-electron chi connectivity index (χ1n) is 9.93. The van der Waals surface area contributed by atoms with Crippen LogP contribution in [0.4, 0.5) is 5.69 Å². The van der Waals surface area contributed by atoms with Crippen molar-refractivity contribution in [2.75, 3.05) is 19.7 Å². The van der Waals surface area contributed by atoms with Gasteiger partial charge in [0.1, 0.15) is 11.7 Å². The molecule has 1 amide bonds. The third-order valence-electron chi connectivity index (χ3n) is 8.53. The van der Waals surface area contributed by atoms with E-state index in [0.29, 0.717) is 18.6 Å². The maximum Gasteiger partial charge on any atom is 0.321 e. The molecular formula is C21H22N2O3. The Balaban J connectivity index is 1.58. The largest absolute Gasteiger partial charge is 0.619 e. The number of piperidine rings is 2. The van der Waals surface area contributed by atoms with E-state index in [1.165, 1.54) is 5.57 Å². The van der Waals surface area contributed by atoms with Crippen molar-refractivity contribution in [1.82, 2.24) is 9.55 Å². The van der Waals surface area contributed by atoms with Crippen LogP contribution in [0, 0.1) is 17.0 Å². The van der Waals surface area contributed by atoms with E-state index in [0.717, 1.165) is 37.2 Å². The lowest BCUT2D eigenvalue weighted by molar-refractivity contribution is -0.153. The molecule has 134 valence electrons. The summed E-state index contributed by atoms with van der Waals surface area (Å²) in [6.07, 6.45) is 4.54. The Labute approximate surface area is 152 Å². The summed E-state index contributed by atoms with van der Waals surface area (Å²) in [5, 5.41) is 14.3. The molecule has 0 aromatic heterocycles. The molecule has 1 aliphatic carbocycles. The van der Waals surface area contributed by atoms with Crippen molar-refractivity contribution in [1.29, 1.82) is 0 Å². The van der Waals surface area contributed by atoms with E-state index in [1.807, 2.05) is 18.2 Å². The molecule has 3 unspecified atom stereocenters. The maximum absolute atomic E-state index is 14.3. The van der Waals surface area contributed by atoms with E-state index < -0.39 is 4.65 Å². The molecule has 5 heteroatoms. The van der Waals surface area contributed by atoms with E-state index in [-0.39, 0.29) is 35.8 Å². The zero-order valence-electron chi connectivity index (χ0n) is 14.6. The number of nitrogens with zero attached hydrogens (tertiary/aromatic N) is 2. The highest BCUT2D eigenvalue weighted by molar-refractivity contribution is 5.95. The number of hydrogen-bond donors (Lipinski definition) is 0. The number of carbonyl (C=O) groups excluding carboxylic acids is 1. The Hall–Kier alpha value is -1.53. The quantitative estimate of drug-likeness (QED) is 0.408. The normalized spacial score (nSPS) is 50.3. The fourth-order valence-electron chi connectivity index (χ4n) is 7.79. The van der Waals surface area contributed by atoms with Gasteiger partial charge in [-0.15, -0.1) is 0 Å². The van der Waals surface area contributed by atoms with Crippen LogP contribution in [-0.4, -0.2) is 48.7 Å². The van der Waals surface area contributed by atoms with Crippen molar-refractivity contribution in [3.8, 4) is 0 Å². The Morgan fingerprint density at radius 2 is 2.19 bits per heavy atom. The highest BCUT2D eigenvalue weighted by Gasteiger charge is 2.76. The molecule has 1 saturated carbocycles. The molecule has 0 N–H and O–H groups in total. The Bertz CT molecular complexity index is 897. The molecule has 0 radical (unpaired) electrons. The highest BCUT2D eigenvalue weighted by atomic mass is 16.6. The molecule has 1 spiro atoms. The number of quaternary nitrogens is 1. The molecule has 3 saturated heterocycles. The Morgan fingerprint density at radius 1 is 1.31 bits per heavy atom. The SMILES string of the molecule is O=C1CC2OCC=C3CN4CC[C@]56c7ccccc7[N+]1([O-])C5[C@H]2[C@H]3C[C@H]46. The van der Waals surface area contributed by atoms with Crippen LogP contribution in [0.15, 0.2) is 35.9 Å². The number of benzene rings is 1. The molecule has 2 bridgehead atoms. The van der Waals surface area contributed by atoms with Gasteiger partial charge in [0.2, 0.25) is 0 Å². The van der Waals surface area contributed by atoms with Gasteiger partial charge in [-0.3, -0.25) is 9.55 Å². The molecule has 7 rings (SSSR count). The molecule has 5 heterocycles. The van der Waals surface area contributed by atoms with E-state index in [9.17, 15) is 10.0 Å². The van der Waals surface area contributed by atoms with Gasteiger partial charge in [0.05, 0.1) is 24.5 Å². The number of hydroxylamine groups is 2. The smallest absolute Gasteiger partial charge is 0.321 e. The van der Waals surface area contributed by atoms with Gasteiger partial charge >= 0.3 is 5.91 Å². The minimum Gasteiger partial charge on any atom is -0.619 e. The van der Waals surface area contributed by atoms with Crippen LogP contribution in [0.5, 0.6) is 0 Å². The van der Waals surface area contributed by atoms with Gasteiger partial charge in [-0.05, 0) is 25.3 Å². The van der Waals surface area contributed by atoms with Crippen molar-refractivity contribution >= 4 is 11.6 Å². The van der Waals surface area contributed by atoms with Gasteiger partial charge in [-0.25, -0.2) is 4.79 Å². The molecule has 7 atom stereocenters. The average Bonchev–Trinajstić information content (AvgIpc) is 3.08. The van der Waals surface area contributed by atoms with E-state index in [4.69, 9.17) is 4.74 Å². The lowest BCUT2D eigenvalue weighted by Gasteiger charge is -2.61. The fraction of sp³-hybridized carbons (Fsp3) is 0.571. The van der Waals surface area contributed by atoms with Gasteiger partial charge in [0.15, 0.2) is 0 Å². The molecule has 5 nitrogen and oxygen atoms in total. The first-order valence-corrected chi connectivity index (χ1v) is 9.93. The maximum atomic E-state index is 14.3. The van der Waals surface area contributed by atoms with Crippen LogP contribution in [0.1, 0.15) is 24.8 Å². The molecule has 1 aromatic rings. The molecular weight excluding hydrogens is 328 g/mol. The molecule has 1 aromatic carbocycles. The van der Waals surface area contributed by atoms with Crippen LogP contribution >= 0.6 is 0 Å². The van der Waals surface area contributed by atoms with Crippen molar-refractivity contribution in [2.24, 2.45) is 11.8 Å². The van der Waals surface area contributed by atoms with E-state index >= 15 is 0 Å². The minimum absolute atomic E-state index is 0.0919. The number of ether oxygens (including phenoxy) is 1. The van der Waals surface area contributed by atoms with Crippen molar-refractivity contribution in [2.45, 2.75) is 42.9 Å². The van der Waals surface area contributed by atoms with E-state index in [1.54, 1.807) is 0 Å². The van der Waals surface area contributed by atoms with Crippen LogP contribution in [0.2, 0.25) is 0 Å². The van der Waals surface area contributed by atoms with Gasteiger partial charge < -0.3 is 9.94 Å². The first kappa shape index (κ1) is 14.5. The second-order valence-corrected chi connectivity index (χ2v) is 9.06. The molecule has 6 aliphatic rings. The van der Waals surface area contributed by atoms with Crippen LogP contribution < -0.4 is 4.65 Å². The summed E-state index contributed by atoms with van der Waals surface area (Å²) in [5.41, 5.74) is 3.18. The summed E-state index contributed by atoms with van der Waals surface area (Å²) in [4.78, 5) is 15.8. The third kappa shape index (κ3) is 1.29. The van der Waals surface area contributed by atoms with E-state index in [2.05, 4.69) is 17.0 Å². The van der Waals surface area contributed by atoms with Crippen LogP contribution in [-0.2, 0) is 14.9 Å². The second-order valence-electron chi connectivity index (χ2n) is 9.06. The van der Waals surface area contributed by atoms with Gasteiger partial charge in [0, 0.05) is 30.1 Å². The number of carbonyl (C=O) groups is 1. The summed E-state index contributed by atoms with van der Waals surface area (Å²) in [6, 6.07) is 8.23. The lowest BCUT2D eigenvalue weighted by Crippen LogP contribution is -2.74. The zero-order chi connectivity index (χ0) is 17.3. The topological polar surface area (TPSA) is 52.6 Å². The second kappa shape index (κ2) is 4.30. The summed E-state index contributed by atoms with van der Waals surface area (Å²) >= 11 is 0. The van der Waals surface area contributed by atoms with Gasteiger partial charge in [-0.1, -0.05) is 29.8 Å². The van der Waals surface area contributed by atoms with Crippen LogP contribution in [0.3, 0.4) is 0 Å². The summed E-state index contributed by atoms with van der Waals surface area (Å²) in [5.74, 6) is 0.388. The Kier molecular flexibility index (Phi) is 2.40. The molecule has 4 fully saturated rings. The van der Waals surface area contributed by atoms with Crippen molar-refractivity contribution in [3.63, 3.8) is 0 Å². The van der Waals surface area contributed by atoms with Crippen LogP contribution in [0.25, 0.3) is 0 Å². The Morgan fingerprint density at radius 3 is 3.12 bits per heavy atom. The standard InChI is InChI=1S/C21H22N2O3/c24-18-10-16-19-13-9-17-21(6-7-22(17)11-12(13)5-8-26-16)14-3-1-2-4-15(14)23(18,25)20(19)21/h1-5,13,16-17,19-20H,6-11H2/t13-,16?,17-,19-,20?,21+,23?/m0/s1. The van der Waals surface area contributed by atoms with Gasteiger partial charge in [0.25, 0.3) is 0 Å². The highest BCUT2D eigenvalue weighted by Crippen LogP contribution is 2.67. The summed E-state index contributed by atoms with van der Waals surface area (Å²) in [6.45, 7) is 2.64. The third-order valence-corrected chi connectivity index (χ3v) is 8.53. The number of hydrogen-bond acceptors (Lipinski definition) is 4. The minimum atomic E-state index is -0.727. The fourth-order valence-corrected chi connectivity index (χ4v) is 7.79. The average molecular weight is 350 g/mol. The lowest BCUT2D eigenvalue weighted by atomic mass is 9.53. The number of fused-ring (bicyclic) bond motifs is 2. The molecule has 5 aliphatic heterocycles. The number of amides is 1. The van der Waals surface area contributed by atoms with Crippen molar-refractivity contribution in [3.05, 3.63) is 46.7 Å². The summed E-state index contributed by atoms with van der Waals surface area (Å²) < 4.78 is 5.44. The number of rotatable bonds is 0. The van der Waals surface area contributed by atoms with Gasteiger partial charge in [-0.2, -0.15) is 0 Å². The zero-order valence-corrected chi connectivity index (χ0v) is 14.6. The first-order chi connectivity index (χ1) is 12.7.